The van der Waals surface area contributed by atoms with Gasteiger partial charge >= 0.3 is 5.97 Å². The number of carbonyl (C=O) groups is 5. The van der Waals surface area contributed by atoms with E-state index in [-0.39, 0.29) is 25.3 Å². The van der Waals surface area contributed by atoms with E-state index >= 15 is 0 Å². The number of carbonyl (C=O) groups excluding carboxylic acids is 4. The molecule has 13 heteroatoms. The number of aromatic amines is 1. The molecule has 0 spiro atoms. The number of likely N-dealkylation sites (tertiary alicyclic amines) is 1. The Morgan fingerprint density at radius 3 is 2.56 bits per heavy atom. The lowest BCUT2D eigenvalue weighted by molar-refractivity contribution is -0.145. The van der Waals surface area contributed by atoms with Crippen LogP contribution in [0.1, 0.15) is 45.2 Å². The summed E-state index contributed by atoms with van der Waals surface area (Å²) in [7, 11) is 0. The fraction of sp³-hybridized carbons (Fsp3) is 0.619. The van der Waals surface area contributed by atoms with Crippen molar-refractivity contribution >= 4 is 29.6 Å². The number of nitrogens with two attached hydrogens (primary N) is 2. The van der Waals surface area contributed by atoms with Crippen molar-refractivity contribution in [1.82, 2.24) is 25.5 Å². The third-order valence-corrected chi connectivity index (χ3v) is 5.97. The number of primary amides is 1. The van der Waals surface area contributed by atoms with E-state index in [1.807, 2.05) is 6.92 Å². The predicted molar refractivity (Wildman–Crippen MR) is 120 cm³/mol. The second-order valence-corrected chi connectivity index (χ2v) is 8.52. The molecule has 1 aliphatic rings. The zero-order valence-electron chi connectivity index (χ0n) is 19.3. The first kappa shape index (κ1) is 26.8. The normalized spacial score (nSPS) is 19.0. The maximum atomic E-state index is 13.4. The monoisotopic (exact) mass is 479 g/mol. The van der Waals surface area contributed by atoms with Crippen molar-refractivity contribution in [1.29, 1.82) is 0 Å². The second kappa shape index (κ2) is 12.1. The van der Waals surface area contributed by atoms with Crippen LogP contribution in [-0.4, -0.2) is 80.3 Å². The smallest absolute Gasteiger partial charge is 0.326 e. The summed E-state index contributed by atoms with van der Waals surface area (Å²) in [6, 6.07) is -4.25. The highest BCUT2D eigenvalue weighted by Crippen LogP contribution is 2.22. The highest BCUT2D eigenvalue weighted by Gasteiger charge is 2.40. The van der Waals surface area contributed by atoms with E-state index in [9.17, 15) is 29.1 Å². The quantitative estimate of drug-likeness (QED) is 0.202. The van der Waals surface area contributed by atoms with Crippen LogP contribution >= 0.6 is 0 Å². The molecule has 13 nitrogen and oxygen atoms in total. The Morgan fingerprint density at radius 2 is 2.00 bits per heavy atom. The summed E-state index contributed by atoms with van der Waals surface area (Å²) in [6.45, 7) is 3.91. The first-order valence-electron chi connectivity index (χ1n) is 11.2. The molecule has 4 amide bonds. The van der Waals surface area contributed by atoms with Gasteiger partial charge in [0.15, 0.2) is 0 Å². The van der Waals surface area contributed by atoms with Gasteiger partial charge in [-0.25, -0.2) is 9.78 Å². The molecule has 0 bridgehead atoms. The summed E-state index contributed by atoms with van der Waals surface area (Å²) in [6.07, 6.45) is 3.97. The van der Waals surface area contributed by atoms with E-state index < -0.39 is 53.8 Å². The van der Waals surface area contributed by atoms with E-state index in [1.54, 1.807) is 6.92 Å². The molecule has 5 atom stereocenters. The van der Waals surface area contributed by atoms with Gasteiger partial charge in [0.1, 0.15) is 18.1 Å². The highest BCUT2D eigenvalue weighted by molar-refractivity contribution is 5.95. The number of nitrogens with zero attached hydrogens (tertiary/aromatic N) is 2. The standard InChI is InChI=1S/C21H33N7O6/c1-3-11(2)17(27-18(30)13(22)8-16(23)29)20(32)28-6-4-5-15(28)19(31)26-14(21(33)34)7-12-9-24-10-25-12/h9-11,13-15,17H,3-8,22H2,1-2H3,(H2,23,29)(H,24,25)(H,26,31)(H,27,30)(H,33,34). The third-order valence-electron chi connectivity index (χ3n) is 5.97. The Bertz CT molecular complexity index is 890. The van der Waals surface area contributed by atoms with Crippen LogP contribution in [0.3, 0.4) is 0 Å². The second-order valence-electron chi connectivity index (χ2n) is 8.52. The van der Waals surface area contributed by atoms with Crippen molar-refractivity contribution in [2.75, 3.05) is 6.54 Å². The van der Waals surface area contributed by atoms with Crippen LogP contribution in [0.5, 0.6) is 0 Å². The lowest BCUT2D eigenvalue weighted by atomic mass is 9.96. The van der Waals surface area contributed by atoms with Gasteiger partial charge < -0.3 is 37.1 Å². The molecule has 0 radical (unpaired) electrons. The molecule has 8 N–H and O–H groups in total. The van der Waals surface area contributed by atoms with Crippen molar-refractivity contribution in [3.05, 3.63) is 18.2 Å². The Labute approximate surface area is 197 Å². The molecule has 5 unspecified atom stereocenters. The van der Waals surface area contributed by atoms with Crippen LogP contribution in [-0.2, 0) is 30.4 Å². The molecule has 1 saturated heterocycles. The first-order chi connectivity index (χ1) is 16.0. The molecule has 0 saturated carbocycles. The Balaban J connectivity index is 2.13. The van der Waals surface area contributed by atoms with Gasteiger partial charge in [0.2, 0.25) is 23.6 Å². The molecule has 188 valence electrons. The molecule has 2 heterocycles. The minimum atomic E-state index is -1.22. The topological polar surface area (TPSA) is 214 Å². The van der Waals surface area contributed by atoms with E-state index in [0.29, 0.717) is 25.0 Å². The lowest BCUT2D eigenvalue weighted by Crippen LogP contribution is -2.58. The zero-order valence-corrected chi connectivity index (χ0v) is 19.3. The third kappa shape index (κ3) is 7.01. The van der Waals surface area contributed by atoms with E-state index in [4.69, 9.17) is 11.5 Å². The fourth-order valence-electron chi connectivity index (χ4n) is 3.82. The van der Waals surface area contributed by atoms with Gasteiger partial charge in [-0.3, -0.25) is 19.2 Å². The SMILES string of the molecule is CCC(C)C(NC(=O)C(N)CC(N)=O)C(=O)N1CCCC1C(=O)NC(Cc1cnc[nH]1)C(=O)O. The number of H-pyrrole nitrogens is 1. The summed E-state index contributed by atoms with van der Waals surface area (Å²) in [5.74, 6) is -3.98. The Hall–Kier alpha value is -3.48. The molecule has 0 aliphatic carbocycles. The fourth-order valence-corrected chi connectivity index (χ4v) is 3.82. The van der Waals surface area contributed by atoms with Gasteiger partial charge in [-0.15, -0.1) is 0 Å². The predicted octanol–water partition coefficient (Wildman–Crippen LogP) is -1.75. The van der Waals surface area contributed by atoms with Gasteiger partial charge in [-0.1, -0.05) is 20.3 Å². The number of carboxylic acid groups (broad SMARTS) is 1. The number of carboxylic acids is 1. The highest BCUT2D eigenvalue weighted by atomic mass is 16.4. The number of amides is 4. The minimum Gasteiger partial charge on any atom is -0.480 e. The molecule has 0 aromatic carbocycles. The van der Waals surface area contributed by atoms with Gasteiger partial charge in [0, 0.05) is 24.9 Å². The summed E-state index contributed by atoms with van der Waals surface area (Å²) in [5, 5.41) is 14.6. The summed E-state index contributed by atoms with van der Waals surface area (Å²) in [4.78, 5) is 69.5. The number of aromatic nitrogens is 2. The molecule has 1 aliphatic heterocycles. The number of rotatable bonds is 12. The van der Waals surface area contributed by atoms with Crippen molar-refractivity contribution in [2.24, 2.45) is 17.4 Å². The van der Waals surface area contributed by atoms with Crippen molar-refractivity contribution in [2.45, 2.75) is 70.1 Å². The number of aliphatic carboxylic acids is 1. The first-order valence-corrected chi connectivity index (χ1v) is 11.2. The van der Waals surface area contributed by atoms with E-state index in [1.165, 1.54) is 17.4 Å². The van der Waals surface area contributed by atoms with Crippen molar-refractivity contribution in [3.8, 4) is 0 Å². The van der Waals surface area contributed by atoms with E-state index in [2.05, 4.69) is 20.6 Å². The zero-order chi connectivity index (χ0) is 25.4. The average molecular weight is 480 g/mol. The van der Waals surface area contributed by atoms with Crippen molar-refractivity contribution < 1.29 is 29.1 Å². The number of nitrogens with one attached hydrogen (secondary N) is 3. The number of imidazole rings is 1. The number of hydrogen-bond donors (Lipinski definition) is 6. The molecule has 2 rings (SSSR count). The maximum absolute atomic E-state index is 13.4. The molecular weight excluding hydrogens is 446 g/mol. The van der Waals surface area contributed by atoms with Crippen LogP contribution in [0, 0.1) is 5.92 Å². The molecule has 1 aromatic rings. The van der Waals surface area contributed by atoms with Crippen LogP contribution in [0.15, 0.2) is 12.5 Å². The van der Waals surface area contributed by atoms with E-state index in [0.717, 1.165) is 0 Å². The summed E-state index contributed by atoms with van der Waals surface area (Å²) >= 11 is 0. The molecule has 34 heavy (non-hydrogen) atoms. The molecular formula is C21H33N7O6. The van der Waals surface area contributed by atoms with Crippen LogP contribution in [0.2, 0.25) is 0 Å². The maximum Gasteiger partial charge on any atom is 0.326 e. The number of hydrogen-bond acceptors (Lipinski definition) is 7. The Kier molecular flexibility index (Phi) is 9.54. The average Bonchev–Trinajstić information content (AvgIpc) is 3.47. The van der Waals surface area contributed by atoms with Crippen LogP contribution in [0.25, 0.3) is 0 Å². The van der Waals surface area contributed by atoms with Gasteiger partial charge in [-0.05, 0) is 18.8 Å². The summed E-state index contributed by atoms with van der Waals surface area (Å²) < 4.78 is 0. The largest absolute Gasteiger partial charge is 0.480 e. The Morgan fingerprint density at radius 1 is 1.29 bits per heavy atom. The minimum absolute atomic E-state index is 0.00500. The van der Waals surface area contributed by atoms with Crippen LogP contribution < -0.4 is 22.1 Å². The van der Waals surface area contributed by atoms with Gasteiger partial charge in [0.25, 0.3) is 0 Å². The molecule has 1 aromatic heterocycles. The van der Waals surface area contributed by atoms with Crippen LogP contribution in [0.4, 0.5) is 0 Å². The van der Waals surface area contributed by atoms with Gasteiger partial charge in [0.05, 0.1) is 18.8 Å². The molecule has 1 fully saturated rings. The summed E-state index contributed by atoms with van der Waals surface area (Å²) in [5.41, 5.74) is 11.3. The lowest BCUT2D eigenvalue weighted by Gasteiger charge is -2.32. The van der Waals surface area contributed by atoms with Gasteiger partial charge in [-0.2, -0.15) is 0 Å². The van der Waals surface area contributed by atoms with Crippen molar-refractivity contribution in [3.63, 3.8) is 0 Å².